The molecule has 0 unspecified atom stereocenters. The Balaban J connectivity index is 1.50. The summed E-state index contributed by atoms with van der Waals surface area (Å²) in [5, 5.41) is 6.27. The van der Waals surface area contributed by atoms with Crippen LogP contribution in [0.1, 0.15) is 12.0 Å². The average Bonchev–Trinajstić information content (AvgIpc) is 2.97. The van der Waals surface area contributed by atoms with Crippen molar-refractivity contribution in [3.05, 3.63) is 59.1 Å². The first-order chi connectivity index (χ1) is 12.0. The Bertz CT molecular complexity index is 759. The summed E-state index contributed by atoms with van der Waals surface area (Å²) < 4.78 is 0. The molecule has 1 heterocycles. The Hall–Kier alpha value is -2.53. The number of benzene rings is 2. The molecule has 1 aliphatic heterocycles. The molecule has 0 aliphatic carbocycles. The topological polar surface area (TPSA) is 61.4 Å². The molecule has 2 aromatic rings. The normalized spacial score (nSPS) is 16.8. The van der Waals surface area contributed by atoms with E-state index < -0.39 is 0 Å². The van der Waals surface area contributed by atoms with Gasteiger partial charge in [0.25, 0.3) is 0 Å². The predicted molar refractivity (Wildman–Crippen MR) is 100 cm³/mol. The molecule has 1 fully saturated rings. The summed E-state index contributed by atoms with van der Waals surface area (Å²) in [5.41, 5.74) is 2.71. The van der Waals surface area contributed by atoms with Gasteiger partial charge in [-0.25, -0.2) is 4.79 Å². The van der Waals surface area contributed by atoms with E-state index in [4.69, 9.17) is 11.6 Å². The highest BCUT2D eigenvalue weighted by atomic mass is 35.5. The van der Waals surface area contributed by atoms with Crippen LogP contribution in [0.5, 0.6) is 0 Å². The van der Waals surface area contributed by atoms with Gasteiger partial charge in [0.2, 0.25) is 5.91 Å². The third-order valence-electron chi connectivity index (χ3n) is 4.20. The Morgan fingerprint density at radius 3 is 2.52 bits per heavy atom. The van der Waals surface area contributed by atoms with Crippen LogP contribution >= 0.6 is 11.6 Å². The molecule has 0 radical (unpaired) electrons. The maximum Gasteiger partial charge on any atom is 0.319 e. The summed E-state index contributed by atoms with van der Waals surface area (Å²) in [6.07, 6.45) is 0.424. The number of rotatable bonds is 4. The zero-order valence-corrected chi connectivity index (χ0v) is 14.7. The number of nitrogens with one attached hydrogen (secondary N) is 2. The molecule has 1 saturated heterocycles. The largest absolute Gasteiger partial charge is 0.338 e. The highest BCUT2D eigenvalue weighted by molar-refractivity contribution is 6.30. The molecule has 3 amide bonds. The van der Waals surface area contributed by atoms with Gasteiger partial charge in [-0.1, -0.05) is 29.3 Å². The molecule has 3 rings (SSSR count). The van der Waals surface area contributed by atoms with Gasteiger partial charge < -0.3 is 15.5 Å². The first-order valence-corrected chi connectivity index (χ1v) is 8.56. The molecule has 0 spiro atoms. The third-order valence-corrected chi connectivity index (χ3v) is 4.46. The summed E-state index contributed by atoms with van der Waals surface area (Å²) in [5.74, 6) is 0.153. The minimum Gasteiger partial charge on any atom is -0.338 e. The highest BCUT2D eigenvalue weighted by Crippen LogP contribution is 2.26. The quantitative estimate of drug-likeness (QED) is 0.873. The number of halogens is 1. The molecule has 2 N–H and O–H groups in total. The molecule has 25 heavy (non-hydrogen) atoms. The van der Waals surface area contributed by atoms with Gasteiger partial charge in [0.15, 0.2) is 0 Å². The number of hydrogen-bond acceptors (Lipinski definition) is 2. The van der Waals surface area contributed by atoms with E-state index in [1.54, 1.807) is 17.0 Å². The molecule has 0 saturated carbocycles. The molecular formula is C19H20ClN3O2. The zero-order valence-electron chi connectivity index (χ0n) is 14.0. The minimum atomic E-state index is -0.263. The summed E-state index contributed by atoms with van der Waals surface area (Å²) in [7, 11) is 0. The van der Waals surface area contributed by atoms with Crippen LogP contribution in [0, 0.1) is 12.8 Å². The molecule has 2 aromatic carbocycles. The van der Waals surface area contributed by atoms with Crippen molar-refractivity contribution in [3.63, 3.8) is 0 Å². The van der Waals surface area contributed by atoms with Crippen LogP contribution in [0.25, 0.3) is 0 Å². The fraction of sp³-hybridized carbons (Fsp3) is 0.263. The maximum absolute atomic E-state index is 12.2. The third kappa shape index (κ3) is 4.51. The highest BCUT2D eigenvalue weighted by Gasteiger charge is 2.30. The molecule has 0 aromatic heterocycles. The minimum absolute atomic E-state index is 0.0630. The molecule has 1 aliphatic rings. The number of nitrogens with zero attached hydrogens (tertiary/aromatic N) is 1. The van der Waals surface area contributed by atoms with E-state index in [0.29, 0.717) is 24.5 Å². The van der Waals surface area contributed by atoms with Crippen LogP contribution in [0.3, 0.4) is 0 Å². The number of carbonyl (C=O) groups excluding carboxylic acids is 2. The van der Waals surface area contributed by atoms with Crippen molar-refractivity contribution in [2.24, 2.45) is 5.92 Å². The second-order valence-electron chi connectivity index (χ2n) is 6.25. The zero-order chi connectivity index (χ0) is 17.8. The van der Waals surface area contributed by atoms with Gasteiger partial charge in [-0.05, 0) is 43.3 Å². The first-order valence-electron chi connectivity index (χ1n) is 8.19. The van der Waals surface area contributed by atoms with Crippen LogP contribution in [0.4, 0.5) is 16.2 Å². The molecular weight excluding hydrogens is 338 g/mol. The van der Waals surface area contributed by atoms with Crippen LogP contribution < -0.4 is 15.5 Å². The van der Waals surface area contributed by atoms with Crippen molar-refractivity contribution >= 4 is 34.9 Å². The number of amides is 3. The number of aryl methyl sites for hydroxylation is 1. The summed E-state index contributed by atoms with van der Waals surface area (Å²) in [4.78, 5) is 25.9. The van der Waals surface area contributed by atoms with E-state index in [1.807, 2.05) is 43.3 Å². The molecule has 1 atom stereocenters. The fourth-order valence-electron chi connectivity index (χ4n) is 2.84. The van der Waals surface area contributed by atoms with E-state index >= 15 is 0 Å². The van der Waals surface area contributed by atoms with Gasteiger partial charge in [0.05, 0.1) is 0 Å². The summed E-state index contributed by atoms with van der Waals surface area (Å²) >= 11 is 5.89. The average molecular weight is 358 g/mol. The Kier molecular flexibility index (Phi) is 5.24. The lowest BCUT2D eigenvalue weighted by Gasteiger charge is -2.17. The van der Waals surface area contributed by atoms with E-state index in [0.717, 1.165) is 16.9 Å². The molecule has 130 valence electrons. The lowest BCUT2D eigenvalue weighted by atomic mass is 10.1. The van der Waals surface area contributed by atoms with Crippen molar-refractivity contribution in [2.75, 3.05) is 23.3 Å². The smallest absolute Gasteiger partial charge is 0.319 e. The second kappa shape index (κ2) is 7.57. The van der Waals surface area contributed by atoms with Gasteiger partial charge in [0, 0.05) is 41.8 Å². The number of carbonyl (C=O) groups is 2. The van der Waals surface area contributed by atoms with E-state index in [-0.39, 0.29) is 17.9 Å². The van der Waals surface area contributed by atoms with Gasteiger partial charge in [0.1, 0.15) is 0 Å². The van der Waals surface area contributed by atoms with Crippen LogP contribution in [-0.4, -0.2) is 25.0 Å². The maximum atomic E-state index is 12.2. The lowest BCUT2D eigenvalue weighted by molar-refractivity contribution is -0.117. The number of urea groups is 1. The van der Waals surface area contributed by atoms with Gasteiger partial charge in [-0.15, -0.1) is 0 Å². The van der Waals surface area contributed by atoms with Crippen molar-refractivity contribution in [2.45, 2.75) is 13.3 Å². The van der Waals surface area contributed by atoms with Crippen molar-refractivity contribution < 1.29 is 9.59 Å². The SMILES string of the molecule is Cc1ccc(NC(=O)NC[C@@H]2CC(=O)N(c3ccc(Cl)cc3)C2)cc1. The second-order valence-corrected chi connectivity index (χ2v) is 6.69. The van der Waals surface area contributed by atoms with Gasteiger partial charge in [-0.3, -0.25) is 4.79 Å². The van der Waals surface area contributed by atoms with Gasteiger partial charge in [-0.2, -0.15) is 0 Å². The van der Waals surface area contributed by atoms with Crippen molar-refractivity contribution in [1.29, 1.82) is 0 Å². The van der Waals surface area contributed by atoms with Crippen LogP contribution in [-0.2, 0) is 4.79 Å². The van der Waals surface area contributed by atoms with E-state index in [9.17, 15) is 9.59 Å². The first kappa shape index (κ1) is 17.3. The molecule has 0 bridgehead atoms. The Labute approximate surface area is 152 Å². The number of anilines is 2. The number of hydrogen-bond donors (Lipinski definition) is 2. The summed E-state index contributed by atoms with van der Waals surface area (Å²) in [6.45, 7) is 3.03. The molecule has 5 nitrogen and oxygen atoms in total. The van der Waals surface area contributed by atoms with Crippen LogP contribution in [0.15, 0.2) is 48.5 Å². The van der Waals surface area contributed by atoms with E-state index in [2.05, 4.69) is 10.6 Å². The monoisotopic (exact) mass is 357 g/mol. The summed E-state index contributed by atoms with van der Waals surface area (Å²) in [6, 6.07) is 14.5. The predicted octanol–water partition coefficient (Wildman–Crippen LogP) is 3.82. The fourth-order valence-corrected chi connectivity index (χ4v) is 2.96. The molecule has 6 heteroatoms. The van der Waals surface area contributed by atoms with E-state index in [1.165, 1.54) is 0 Å². The van der Waals surface area contributed by atoms with Gasteiger partial charge >= 0.3 is 6.03 Å². The standard InChI is InChI=1S/C19H20ClN3O2/c1-13-2-6-16(7-3-13)22-19(25)21-11-14-10-18(24)23(12-14)17-8-4-15(20)5-9-17/h2-9,14H,10-12H2,1H3,(H2,21,22,25)/t14-/m0/s1. The lowest BCUT2D eigenvalue weighted by Crippen LogP contribution is -2.34. The Morgan fingerprint density at radius 1 is 1.16 bits per heavy atom. The van der Waals surface area contributed by atoms with Crippen molar-refractivity contribution in [1.82, 2.24) is 5.32 Å². The Morgan fingerprint density at radius 2 is 1.84 bits per heavy atom. The van der Waals surface area contributed by atoms with Crippen LogP contribution in [0.2, 0.25) is 5.02 Å². The van der Waals surface area contributed by atoms with Crippen molar-refractivity contribution in [3.8, 4) is 0 Å².